The molecule has 2 atom stereocenters. The van der Waals surface area contributed by atoms with Gasteiger partial charge in [0.05, 0.1) is 19.1 Å². The number of nitrogens with one attached hydrogen (secondary N) is 1. The summed E-state index contributed by atoms with van der Waals surface area (Å²) in [6.07, 6.45) is 1.10. The summed E-state index contributed by atoms with van der Waals surface area (Å²) in [6.45, 7) is 6.18. The van der Waals surface area contributed by atoms with Gasteiger partial charge in [-0.1, -0.05) is 6.92 Å². The van der Waals surface area contributed by atoms with Crippen molar-refractivity contribution in [2.24, 2.45) is 5.92 Å². The summed E-state index contributed by atoms with van der Waals surface area (Å²) in [5.41, 5.74) is 0. The van der Waals surface area contributed by atoms with Gasteiger partial charge in [0.15, 0.2) is 0 Å². The minimum Gasteiger partial charge on any atom is -0.379 e. The zero-order valence-electron chi connectivity index (χ0n) is 10.5. The number of carbonyl (C=O) groups excluding carboxylic acids is 1. The molecule has 0 radical (unpaired) electrons. The number of carbonyl (C=O) groups is 1. The van der Waals surface area contributed by atoms with Crippen molar-refractivity contribution in [3.8, 4) is 0 Å². The first kappa shape index (κ1) is 13.2. The third kappa shape index (κ3) is 3.36. The predicted octanol–water partition coefficient (Wildman–Crippen LogP) is 0.576. The zero-order chi connectivity index (χ0) is 12.1. The van der Waals surface area contributed by atoms with E-state index in [1.54, 1.807) is 0 Å². The fraction of sp³-hybridized carbons (Fsp3) is 0.917. The van der Waals surface area contributed by atoms with Crippen LogP contribution in [-0.4, -0.2) is 61.2 Å². The van der Waals surface area contributed by atoms with Crippen LogP contribution in [0.2, 0.25) is 0 Å². The Balaban J connectivity index is 1.88. The molecule has 4 nitrogen and oxygen atoms in total. The van der Waals surface area contributed by atoms with Crippen molar-refractivity contribution in [1.29, 1.82) is 0 Å². The predicted molar refractivity (Wildman–Crippen MR) is 70.3 cm³/mol. The molecule has 2 rings (SSSR count). The Hall–Kier alpha value is -0.260. The summed E-state index contributed by atoms with van der Waals surface area (Å²) in [4.78, 5) is 14.4. The highest BCUT2D eigenvalue weighted by molar-refractivity contribution is 7.99. The molecule has 0 bridgehead atoms. The molecule has 0 aromatic heterocycles. The van der Waals surface area contributed by atoms with Crippen molar-refractivity contribution in [1.82, 2.24) is 10.2 Å². The fourth-order valence-electron chi connectivity index (χ4n) is 2.35. The summed E-state index contributed by atoms with van der Waals surface area (Å²) in [7, 11) is 0. The van der Waals surface area contributed by atoms with Crippen LogP contribution in [0.5, 0.6) is 0 Å². The molecule has 0 saturated carbocycles. The van der Waals surface area contributed by atoms with E-state index < -0.39 is 0 Å². The Morgan fingerprint density at radius 1 is 1.41 bits per heavy atom. The van der Waals surface area contributed by atoms with Crippen LogP contribution in [0.25, 0.3) is 0 Å². The summed E-state index contributed by atoms with van der Waals surface area (Å²) in [5, 5.41) is 3.42. The molecule has 2 aliphatic heterocycles. The van der Waals surface area contributed by atoms with Crippen LogP contribution in [0.4, 0.5) is 0 Å². The number of hydrogen-bond acceptors (Lipinski definition) is 4. The maximum Gasteiger partial charge on any atom is 0.229 e. The SMILES string of the molecule is CCCNC1COCC1C(=O)N1CCSCC1. The highest BCUT2D eigenvalue weighted by Gasteiger charge is 2.36. The van der Waals surface area contributed by atoms with Crippen molar-refractivity contribution in [3.63, 3.8) is 0 Å². The van der Waals surface area contributed by atoms with E-state index in [-0.39, 0.29) is 17.9 Å². The van der Waals surface area contributed by atoms with Crippen LogP contribution in [0, 0.1) is 5.92 Å². The molecule has 2 fully saturated rings. The number of ether oxygens (including phenoxy) is 1. The molecule has 2 saturated heterocycles. The molecule has 1 amide bonds. The lowest BCUT2D eigenvalue weighted by atomic mass is 10.0. The summed E-state index contributed by atoms with van der Waals surface area (Å²) >= 11 is 1.93. The van der Waals surface area contributed by atoms with Gasteiger partial charge >= 0.3 is 0 Å². The van der Waals surface area contributed by atoms with E-state index in [2.05, 4.69) is 12.2 Å². The minimum atomic E-state index is 0.0321. The average Bonchev–Trinajstić information content (AvgIpc) is 2.84. The standard InChI is InChI=1S/C12H22N2O2S/c1-2-3-13-11-9-16-8-10(11)12(15)14-4-6-17-7-5-14/h10-11,13H,2-9H2,1H3. The molecule has 5 heteroatoms. The number of rotatable bonds is 4. The fourth-order valence-corrected chi connectivity index (χ4v) is 3.25. The van der Waals surface area contributed by atoms with Gasteiger partial charge in [0.25, 0.3) is 0 Å². The lowest BCUT2D eigenvalue weighted by molar-refractivity contribution is -0.135. The maximum absolute atomic E-state index is 12.4. The highest BCUT2D eigenvalue weighted by Crippen LogP contribution is 2.19. The third-order valence-corrected chi connectivity index (χ3v) is 4.32. The first-order chi connectivity index (χ1) is 8.33. The first-order valence-electron chi connectivity index (χ1n) is 6.50. The summed E-state index contributed by atoms with van der Waals surface area (Å²) in [5.74, 6) is 2.47. The Labute approximate surface area is 107 Å². The Morgan fingerprint density at radius 3 is 2.88 bits per heavy atom. The smallest absolute Gasteiger partial charge is 0.229 e. The second-order valence-corrected chi connectivity index (χ2v) is 5.87. The molecular formula is C12H22N2O2S. The monoisotopic (exact) mass is 258 g/mol. The van der Waals surface area contributed by atoms with Gasteiger partial charge in [0.2, 0.25) is 5.91 Å². The van der Waals surface area contributed by atoms with E-state index in [1.165, 1.54) is 0 Å². The number of thioether (sulfide) groups is 1. The number of hydrogen-bond donors (Lipinski definition) is 1. The molecule has 98 valence electrons. The molecule has 0 aliphatic carbocycles. The van der Waals surface area contributed by atoms with Crippen molar-refractivity contribution < 1.29 is 9.53 Å². The zero-order valence-corrected chi connectivity index (χ0v) is 11.3. The lowest BCUT2D eigenvalue weighted by Gasteiger charge is -2.30. The summed E-state index contributed by atoms with van der Waals surface area (Å²) < 4.78 is 5.46. The van der Waals surface area contributed by atoms with Crippen LogP contribution in [0.15, 0.2) is 0 Å². The van der Waals surface area contributed by atoms with Crippen LogP contribution in [0.3, 0.4) is 0 Å². The topological polar surface area (TPSA) is 41.6 Å². The van der Waals surface area contributed by atoms with Crippen molar-refractivity contribution >= 4 is 17.7 Å². The maximum atomic E-state index is 12.4. The lowest BCUT2D eigenvalue weighted by Crippen LogP contribution is -2.48. The van der Waals surface area contributed by atoms with E-state index in [1.807, 2.05) is 16.7 Å². The molecule has 0 aromatic rings. The van der Waals surface area contributed by atoms with Gasteiger partial charge in [-0.15, -0.1) is 0 Å². The number of nitrogens with zero attached hydrogens (tertiary/aromatic N) is 1. The van der Waals surface area contributed by atoms with Crippen LogP contribution >= 0.6 is 11.8 Å². The minimum absolute atomic E-state index is 0.0321. The molecule has 0 aromatic carbocycles. The quantitative estimate of drug-likeness (QED) is 0.801. The van der Waals surface area contributed by atoms with Gasteiger partial charge < -0.3 is 15.0 Å². The molecule has 17 heavy (non-hydrogen) atoms. The van der Waals surface area contributed by atoms with Gasteiger partial charge in [-0.2, -0.15) is 11.8 Å². The third-order valence-electron chi connectivity index (χ3n) is 3.38. The second kappa shape index (κ2) is 6.61. The van der Waals surface area contributed by atoms with Crippen molar-refractivity contribution in [3.05, 3.63) is 0 Å². The summed E-state index contributed by atoms with van der Waals surface area (Å²) in [6, 6.07) is 0.219. The highest BCUT2D eigenvalue weighted by atomic mass is 32.2. The van der Waals surface area contributed by atoms with E-state index in [0.29, 0.717) is 13.2 Å². The van der Waals surface area contributed by atoms with Gasteiger partial charge in [-0.3, -0.25) is 4.79 Å². The molecule has 2 aliphatic rings. The Kier molecular flexibility index (Phi) is 5.13. The van der Waals surface area contributed by atoms with Crippen LogP contribution in [-0.2, 0) is 9.53 Å². The van der Waals surface area contributed by atoms with E-state index in [4.69, 9.17) is 4.74 Å². The van der Waals surface area contributed by atoms with Gasteiger partial charge in [-0.05, 0) is 13.0 Å². The van der Waals surface area contributed by atoms with E-state index in [9.17, 15) is 4.79 Å². The molecule has 2 heterocycles. The Bertz CT molecular complexity index is 257. The first-order valence-corrected chi connectivity index (χ1v) is 7.66. The Morgan fingerprint density at radius 2 is 2.18 bits per heavy atom. The largest absolute Gasteiger partial charge is 0.379 e. The molecule has 1 N–H and O–H groups in total. The van der Waals surface area contributed by atoms with Crippen molar-refractivity contribution in [2.75, 3.05) is 44.4 Å². The molecule has 0 spiro atoms. The van der Waals surface area contributed by atoms with Gasteiger partial charge in [-0.25, -0.2) is 0 Å². The molecule has 2 unspecified atom stereocenters. The normalized spacial score (nSPS) is 29.6. The van der Waals surface area contributed by atoms with E-state index >= 15 is 0 Å². The van der Waals surface area contributed by atoms with Crippen LogP contribution < -0.4 is 5.32 Å². The van der Waals surface area contributed by atoms with Gasteiger partial charge in [0, 0.05) is 30.6 Å². The second-order valence-electron chi connectivity index (χ2n) is 4.64. The van der Waals surface area contributed by atoms with Gasteiger partial charge in [0.1, 0.15) is 0 Å². The average molecular weight is 258 g/mol. The number of amides is 1. The molecular weight excluding hydrogens is 236 g/mol. The van der Waals surface area contributed by atoms with Crippen molar-refractivity contribution in [2.45, 2.75) is 19.4 Å². The van der Waals surface area contributed by atoms with Crippen LogP contribution in [0.1, 0.15) is 13.3 Å². The van der Waals surface area contributed by atoms with E-state index in [0.717, 1.165) is 37.6 Å².